The lowest BCUT2D eigenvalue weighted by Crippen LogP contribution is -2.32. The summed E-state index contributed by atoms with van der Waals surface area (Å²) in [6.07, 6.45) is -0.413. The fourth-order valence-corrected chi connectivity index (χ4v) is 1.85. The molecule has 2 rings (SSSR count). The van der Waals surface area contributed by atoms with Gasteiger partial charge in [-0.25, -0.2) is 4.79 Å². The number of hydrogen-bond donors (Lipinski definition) is 1. The van der Waals surface area contributed by atoms with Crippen LogP contribution in [-0.4, -0.2) is 12.1 Å². The highest BCUT2D eigenvalue weighted by Gasteiger charge is 2.11. The van der Waals surface area contributed by atoms with Crippen molar-refractivity contribution in [3.05, 3.63) is 42.0 Å². The van der Waals surface area contributed by atoms with Gasteiger partial charge in [-0.3, -0.25) is 0 Å². The maximum atomic E-state index is 11.7. The molecule has 0 saturated carbocycles. The number of fused-ring (bicyclic) bond motifs is 1. The molecular weight excluding hydrogens is 226 g/mol. The smallest absolute Gasteiger partial charge is 0.409 e. The molecule has 0 heterocycles. The van der Waals surface area contributed by atoms with Gasteiger partial charge in [0.05, 0.1) is 0 Å². The van der Waals surface area contributed by atoms with Crippen molar-refractivity contribution in [2.45, 2.75) is 26.8 Å². The summed E-state index contributed by atoms with van der Waals surface area (Å²) < 4.78 is 5.42. The zero-order valence-electron chi connectivity index (χ0n) is 10.9. The van der Waals surface area contributed by atoms with Crippen LogP contribution in [0.25, 0.3) is 10.8 Å². The predicted octanol–water partition coefficient (Wildman–Crippen LogP) is 3.65. The van der Waals surface area contributed by atoms with Gasteiger partial charge in [-0.05, 0) is 31.7 Å². The molecule has 0 atom stereocenters. The molecule has 2 aromatic rings. The molecule has 2 aromatic carbocycles. The highest BCUT2D eigenvalue weighted by Crippen LogP contribution is 2.29. The molecule has 3 heteroatoms. The second-order valence-corrected chi connectivity index (χ2v) is 4.62. The molecule has 18 heavy (non-hydrogen) atoms. The molecule has 0 spiro atoms. The minimum absolute atomic E-state index is 0.0628. The number of nitrogens with one attached hydrogen (secondary N) is 1. The van der Waals surface area contributed by atoms with Crippen LogP contribution in [0.4, 0.5) is 4.79 Å². The normalized spacial score (nSPS) is 10.7. The van der Waals surface area contributed by atoms with Crippen molar-refractivity contribution in [2.75, 3.05) is 0 Å². The molecule has 0 aliphatic rings. The molecule has 0 radical (unpaired) electrons. The van der Waals surface area contributed by atoms with E-state index in [1.165, 1.54) is 0 Å². The fraction of sp³-hybridized carbons (Fsp3) is 0.267. The quantitative estimate of drug-likeness (QED) is 0.874. The van der Waals surface area contributed by atoms with E-state index in [4.69, 9.17) is 4.74 Å². The Morgan fingerprint density at radius 3 is 2.61 bits per heavy atom. The van der Waals surface area contributed by atoms with E-state index in [0.717, 1.165) is 16.3 Å². The third kappa shape index (κ3) is 2.62. The number of carbonyl (C=O) groups excluding carboxylic acids is 1. The molecule has 0 aromatic heterocycles. The minimum Gasteiger partial charge on any atom is -0.409 e. The van der Waals surface area contributed by atoms with Crippen LogP contribution in [0.1, 0.15) is 19.4 Å². The Morgan fingerprint density at radius 2 is 1.89 bits per heavy atom. The summed E-state index contributed by atoms with van der Waals surface area (Å²) in [6.45, 7) is 5.73. The van der Waals surface area contributed by atoms with Crippen LogP contribution in [0.3, 0.4) is 0 Å². The molecule has 1 N–H and O–H groups in total. The Hall–Kier alpha value is -2.03. The maximum Gasteiger partial charge on any atom is 0.412 e. The standard InChI is InChI=1S/C15H17NO2/c1-10(2)16-15(17)18-14-11(3)8-9-12-6-4-5-7-13(12)14/h4-10H,1-3H3,(H,16,17). The monoisotopic (exact) mass is 243 g/mol. The predicted molar refractivity (Wildman–Crippen MR) is 73.0 cm³/mol. The van der Waals surface area contributed by atoms with Gasteiger partial charge in [-0.1, -0.05) is 36.4 Å². The van der Waals surface area contributed by atoms with E-state index in [-0.39, 0.29) is 6.04 Å². The number of benzene rings is 2. The highest BCUT2D eigenvalue weighted by atomic mass is 16.6. The molecule has 0 saturated heterocycles. The second kappa shape index (κ2) is 5.08. The average Bonchev–Trinajstić information content (AvgIpc) is 2.32. The first kappa shape index (κ1) is 12.4. The van der Waals surface area contributed by atoms with Crippen molar-refractivity contribution in [2.24, 2.45) is 0 Å². The molecular formula is C15H17NO2. The van der Waals surface area contributed by atoms with Crippen LogP contribution in [-0.2, 0) is 0 Å². The Balaban J connectivity index is 2.37. The minimum atomic E-state index is -0.413. The topological polar surface area (TPSA) is 38.3 Å². The van der Waals surface area contributed by atoms with Crippen molar-refractivity contribution in [3.63, 3.8) is 0 Å². The summed E-state index contributed by atoms with van der Waals surface area (Å²) >= 11 is 0. The van der Waals surface area contributed by atoms with Crippen LogP contribution in [0.2, 0.25) is 0 Å². The summed E-state index contributed by atoms with van der Waals surface area (Å²) in [4.78, 5) is 11.7. The molecule has 0 fully saturated rings. The zero-order valence-corrected chi connectivity index (χ0v) is 10.9. The number of hydrogen-bond acceptors (Lipinski definition) is 2. The lowest BCUT2D eigenvalue weighted by molar-refractivity contribution is 0.198. The first-order chi connectivity index (χ1) is 8.58. The Kier molecular flexibility index (Phi) is 3.51. The SMILES string of the molecule is Cc1ccc2ccccc2c1OC(=O)NC(C)C. The Labute approximate surface area is 107 Å². The lowest BCUT2D eigenvalue weighted by atomic mass is 10.1. The van der Waals surface area contributed by atoms with Crippen molar-refractivity contribution in [1.29, 1.82) is 0 Å². The molecule has 0 unspecified atom stereocenters. The van der Waals surface area contributed by atoms with Gasteiger partial charge >= 0.3 is 6.09 Å². The number of carbonyl (C=O) groups is 1. The van der Waals surface area contributed by atoms with Crippen LogP contribution in [0, 0.1) is 6.92 Å². The van der Waals surface area contributed by atoms with Crippen LogP contribution >= 0.6 is 0 Å². The Bertz CT molecular complexity index is 576. The van der Waals surface area contributed by atoms with Gasteiger partial charge in [0.15, 0.2) is 0 Å². The summed E-state index contributed by atoms with van der Waals surface area (Å²) in [5.41, 5.74) is 0.951. The third-order valence-corrected chi connectivity index (χ3v) is 2.68. The van der Waals surface area contributed by atoms with Crippen LogP contribution < -0.4 is 10.1 Å². The summed E-state index contributed by atoms with van der Waals surface area (Å²) in [5.74, 6) is 0.631. The van der Waals surface area contributed by atoms with Crippen LogP contribution in [0.5, 0.6) is 5.75 Å². The van der Waals surface area contributed by atoms with E-state index in [1.54, 1.807) is 0 Å². The number of aryl methyl sites for hydroxylation is 1. The van der Waals surface area contributed by atoms with Crippen molar-refractivity contribution in [1.82, 2.24) is 5.32 Å². The van der Waals surface area contributed by atoms with Gasteiger partial charge in [0, 0.05) is 11.4 Å². The van der Waals surface area contributed by atoms with E-state index in [9.17, 15) is 4.79 Å². The van der Waals surface area contributed by atoms with Crippen molar-refractivity contribution < 1.29 is 9.53 Å². The summed E-state index contributed by atoms with van der Waals surface area (Å²) in [6, 6.07) is 11.9. The molecule has 0 aliphatic carbocycles. The molecule has 0 aliphatic heterocycles. The van der Waals surface area contributed by atoms with E-state index in [2.05, 4.69) is 5.32 Å². The molecule has 3 nitrogen and oxygen atoms in total. The van der Waals surface area contributed by atoms with E-state index in [0.29, 0.717) is 5.75 Å². The van der Waals surface area contributed by atoms with E-state index < -0.39 is 6.09 Å². The van der Waals surface area contributed by atoms with Crippen molar-refractivity contribution in [3.8, 4) is 5.75 Å². The van der Waals surface area contributed by atoms with Gasteiger partial charge < -0.3 is 10.1 Å². The summed E-state index contributed by atoms with van der Waals surface area (Å²) in [5, 5.41) is 4.74. The zero-order chi connectivity index (χ0) is 13.1. The largest absolute Gasteiger partial charge is 0.412 e. The molecule has 1 amide bonds. The number of amides is 1. The van der Waals surface area contributed by atoms with Crippen LogP contribution in [0.15, 0.2) is 36.4 Å². The third-order valence-electron chi connectivity index (χ3n) is 2.68. The second-order valence-electron chi connectivity index (χ2n) is 4.62. The fourth-order valence-electron chi connectivity index (χ4n) is 1.85. The van der Waals surface area contributed by atoms with Gasteiger partial charge in [0.1, 0.15) is 5.75 Å². The van der Waals surface area contributed by atoms with E-state index in [1.807, 2.05) is 57.2 Å². The maximum absolute atomic E-state index is 11.7. The van der Waals surface area contributed by atoms with Gasteiger partial charge in [0.2, 0.25) is 0 Å². The van der Waals surface area contributed by atoms with Gasteiger partial charge in [-0.2, -0.15) is 0 Å². The molecule has 94 valence electrons. The number of ether oxygens (including phenoxy) is 1. The average molecular weight is 243 g/mol. The van der Waals surface area contributed by atoms with Gasteiger partial charge in [-0.15, -0.1) is 0 Å². The Morgan fingerprint density at radius 1 is 1.17 bits per heavy atom. The van der Waals surface area contributed by atoms with Gasteiger partial charge in [0.25, 0.3) is 0 Å². The number of rotatable bonds is 2. The first-order valence-electron chi connectivity index (χ1n) is 6.04. The van der Waals surface area contributed by atoms with E-state index >= 15 is 0 Å². The lowest BCUT2D eigenvalue weighted by Gasteiger charge is -2.13. The summed E-state index contributed by atoms with van der Waals surface area (Å²) in [7, 11) is 0. The molecule has 0 bridgehead atoms. The van der Waals surface area contributed by atoms with Crippen molar-refractivity contribution >= 4 is 16.9 Å². The first-order valence-corrected chi connectivity index (χ1v) is 6.04. The highest BCUT2D eigenvalue weighted by molar-refractivity contribution is 5.91.